The number of hydrogen-bond acceptors (Lipinski definition) is 4. The average molecular weight is 472 g/mol. The second kappa shape index (κ2) is 11.2. The number of piperidine rings is 1. The van der Waals surface area contributed by atoms with Crippen LogP contribution in [0.4, 0.5) is 5.69 Å². The molecule has 1 unspecified atom stereocenters. The molecule has 1 aliphatic heterocycles. The van der Waals surface area contributed by atoms with Gasteiger partial charge in [-0.1, -0.05) is 37.3 Å². The maximum Gasteiger partial charge on any atom is 0.251 e. The van der Waals surface area contributed by atoms with Crippen LogP contribution in [0.15, 0.2) is 42.5 Å². The lowest BCUT2D eigenvalue weighted by atomic mass is 10.0. The zero-order valence-corrected chi connectivity index (χ0v) is 21.1. The topological polar surface area (TPSA) is 69.7 Å². The van der Waals surface area contributed by atoms with Crippen LogP contribution in [0.25, 0.3) is 0 Å². The standard InChI is InChI=1S/C26H37N3O3S/c1-20-8-6-16-28(18-20)17-7-15-27-26(30)24-13-11-23(12-14-24)19-29(33(4,31)32)25-21(2)9-5-10-22(25)3/h5,9-14,20H,6-8,15-19H2,1-4H3,(H,27,30). The minimum absolute atomic E-state index is 0.0942. The van der Waals surface area contributed by atoms with E-state index in [1.807, 2.05) is 44.2 Å². The SMILES string of the molecule is Cc1cccc(C)c1N(Cc1ccc(C(=O)NCCCN2CCCC(C)C2)cc1)S(C)(=O)=O. The normalized spacial score (nSPS) is 17.0. The molecule has 2 aromatic carbocycles. The zero-order valence-electron chi connectivity index (χ0n) is 20.3. The van der Waals surface area contributed by atoms with Crippen LogP contribution in [0.3, 0.4) is 0 Å². The second-order valence-corrected chi connectivity index (χ2v) is 11.3. The van der Waals surface area contributed by atoms with Crippen LogP contribution < -0.4 is 9.62 Å². The number of benzene rings is 2. The Morgan fingerprint density at radius 2 is 1.79 bits per heavy atom. The van der Waals surface area contributed by atoms with E-state index in [-0.39, 0.29) is 12.5 Å². The number of aryl methyl sites for hydroxylation is 2. The van der Waals surface area contributed by atoms with Crippen LogP contribution >= 0.6 is 0 Å². The van der Waals surface area contributed by atoms with Crippen LogP contribution in [0.1, 0.15) is 53.2 Å². The van der Waals surface area contributed by atoms with E-state index in [1.165, 1.54) is 23.4 Å². The number of nitrogens with one attached hydrogen (secondary N) is 1. The molecule has 7 heteroatoms. The molecular weight excluding hydrogens is 434 g/mol. The monoisotopic (exact) mass is 471 g/mol. The van der Waals surface area contributed by atoms with E-state index in [0.29, 0.717) is 17.8 Å². The lowest BCUT2D eigenvalue weighted by molar-refractivity contribution is 0.0950. The average Bonchev–Trinajstić information content (AvgIpc) is 2.75. The second-order valence-electron chi connectivity index (χ2n) is 9.36. The highest BCUT2D eigenvalue weighted by Crippen LogP contribution is 2.28. The number of nitrogens with zero attached hydrogens (tertiary/aromatic N) is 2. The number of amides is 1. The molecule has 0 saturated carbocycles. The first kappa shape index (κ1) is 25.2. The van der Waals surface area contributed by atoms with Gasteiger partial charge >= 0.3 is 0 Å². The quantitative estimate of drug-likeness (QED) is 0.559. The van der Waals surface area contributed by atoms with E-state index >= 15 is 0 Å². The molecule has 1 amide bonds. The van der Waals surface area contributed by atoms with Gasteiger partial charge in [0.2, 0.25) is 10.0 Å². The first-order valence-corrected chi connectivity index (χ1v) is 13.6. The molecule has 3 rings (SSSR count). The van der Waals surface area contributed by atoms with E-state index < -0.39 is 10.0 Å². The van der Waals surface area contributed by atoms with E-state index in [4.69, 9.17) is 0 Å². The van der Waals surface area contributed by atoms with Gasteiger partial charge in [-0.15, -0.1) is 0 Å². The number of carbonyl (C=O) groups is 1. The van der Waals surface area contributed by atoms with Crippen molar-refractivity contribution in [3.05, 3.63) is 64.7 Å². The van der Waals surface area contributed by atoms with Crippen molar-refractivity contribution in [3.8, 4) is 0 Å². The molecule has 1 aliphatic rings. The van der Waals surface area contributed by atoms with Crippen molar-refractivity contribution in [2.24, 2.45) is 5.92 Å². The molecule has 0 bridgehead atoms. The summed E-state index contributed by atoms with van der Waals surface area (Å²) in [6.45, 7) is 10.3. The minimum atomic E-state index is -3.47. The van der Waals surface area contributed by atoms with E-state index in [2.05, 4.69) is 17.1 Å². The zero-order chi connectivity index (χ0) is 24.0. The molecule has 1 fully saturated rings. The fraction of sp³-hybridized carbons (Fsp3) is 0.500. The van der Waals surface area contributed by atoms with Crippen molar-refractivity contribution in [2.45, 2.75) is 46.6 Å². The van der Waals surface area contributed by atoms with Crippen molar-refractivity contribution >= 4 is 21.6 Å². The fourth-order valence-corrected chi connectivity index (χ4v) is 5.59. The van der Waals surface area contributed by atoms with Crippen LogP contribution in [0.2, 0.25) is 0 Å². The summed E-state index contributed by atoms with van der Waals surface area (Å²) in [7, 11) is -3.47. The lowest BCUT2D eigenvalue weighted by Gasteiger charge is -2.30. The fourth-order valence-electron chi connectivity index (χ4n) is 4.58. The number of para-hydroxylation sites is 1. The molecule has 1 atom stereocenters. The van der Waals surface area contributed by atoms with Gasteiger partial charge in [0.25, 0.3) is 5.91 Å². The summed E-state index contributed by atoms with van der Waals surface area (Å²) in [4.78, 5) is 15.0. The Hall–Kier alpha value is -2.38. The van der Waals surface area contributed by atoms with Crippen LogP contribution in [-0.2, 0) is 16.6 Å². The molecule has 0 aromatic heterocycles. The number of hydrogen-bond donors (Lipinski definition) is 1. The Labute approximate surface area is 199 Å². The van der Waals surface area contributed by atoms with Crippen LogP contribution in [0, 0.1) is 19.8 Å². The Kier molecular flexibility index (Phi) is 8.54. The van der Waals surface area contributed by atoms with Crippen molar-refractivity contribution in [3.63, 3.8) is 0 Å². The predicted octanol–water partition coefficient (Wildman–Crippen LogP) is 4.12. The number of sulfonamides is 1. The lowest BCUT2D eigenvalue weighted by Crippen LogP contribution is -2.36. The maximum atomic E-state index is 12.6. The summed E-state index contributed by atoms with van der Waals surface area (Å²) in [5.74, 6) is 0.670. The first-order chi connectivity index (χ1) is 15.6. The van der Waals surface area contributed by atoms with Crippen molar-refractivity contribution in [1.29, 1.82) is 0 Å². The summed E-state index contributed by atoms with van der Waals surface area (Å²) in [5, 5.41) is 3.00. The molecule has 0 aliphatic carbocycles. The van der Waals surface area contributed by atoms with Crippen molar-refractivity contribution < 1.29 is 13.2 Å². The van der Waals surface area contributed by atoms with Crippen molar-refractivity contribution in [1.82, 2.24) is 10.2 Å². The minimum Gasteiger partial charge on any atom is -0.352 e. The molecule has 1 saturated heterocycles. The molecular formula is C26H37N3O3S. The highest BCUT2D eigenvalue weighted by atomic mass is 32.2. The number of likely N-dealkylation sites (tertiary alicyclic amines) is 1. The van der Waals surface area contributed by atoms with Gasteiger partial charge < -0.3 is 10.2 Å². The first-order valence-electron chi connectivity index (χ1n) is 11.8. The van der Waals surface area contributed by atoms with Gasteiger partial charge in [0.15, 0.2) is 0 Å². The third kappa shape index (κ3) is 7.05. The maximum absolute atomic E-state index is 12.6. The van der Waals surface area contributed by atoms with Crippen LogP contribution in [-0.4, -0.2) is 51.7 Å². The molecule has 0 spiro atoms. The van der Waals surface area contributed by atoms with Gasteiger partial charge in [0.05, 0.1) is 18.5 Å². The van der Waals surface area contributed by atoms with Gasteiger partial charge in [0, 0.05) is 18.7 Å². The molecule has 1 heterocycles. The molecule has 33 heavy (non-hydrogen) atoms. The van der Waals surface area contributed by atoms with Gasteiger partial charge in [-0.25, -0.2) is 8.42 Å². The Balaban J connectivity index is 1.57. The Morgan fingerprint density at radius 3 is 2.39 bits per heavy atom. The summed E-state index contributed by atoms with van der Waals surface area (Å²) in [5.41, 5.74) is 3.96. The number of carbonyl (C=O) groups excluding carboxylic acids is 1. The molecule has 6 nitrogen and oxygen atoms in total. The van der Waals surface area contributed by atoms with Gasteiger partial charge in [0.1, 0.15) is 0 Å². The van der Waals surface area contributed by atoms with Gasteiger partial charge in [-0.2, -0.15) is 0 Å². The highest BCUT2D eigenvalue weighted by molar-refractivity contribution is 7.92. The largest absolute Gasteiger partial charge is 0.352 e. The van der Waals surface area contributed by atoms with Crippen LogP contribution in [0.5, 0.6) is 0 Å². The highest BCUT2D eigenvalue weighted by Gasteiger charge is 2.21. The van der Waals surface area contributed by atoms with E-state index in [0.717, 1.165) is 48.7 Å². The molecule has 1 N–H and O–H groups in total. The molecule has 0 radical (unpaired) electrons. The Bertz CT molecular complexity index is 1030. The van der Waals surface area contributed by atoms with Gasteiger partial charge in [-0.3, -0.25) is 9.10 Å². The molecule has 2 aromatic rings. The van der Waals surface area contributed by atoms with E-state index in [9.17, 15) is 13.2 Å². The third-order valence-electron chi connectivity index (χ3n) is 6.31. The van der Waals surface area contributed by atoms with Gasteiger partial charge in [-0.05, 0) is 80.9 Å². The smallest absolute Gasteiger partial charge is 0.251 e. The van der Waals surface area contributed by atoms with Crippen molar-refractivity contribution in [2.75, 3.05) is 36.7 Å². The third-order valence-corrected chi connectivity index (χ3v) is 7.42. The summed E-state index contributed by atoms with van der Waals surface area (Å²) < 4.78 is 26.5. The van der Waals surface area contributed by atoms with E-state index in [1.54, 1.807) is 12.1 Å². The number of anilines is 1. The summed E-state index contributed by atoms with van der Waals surface area (Å²) >= 11 is 0. The Morgan fingerprint density at radius 1 is 1.12 bits per heavy atom. The predicted molar refractivity (Wildman–Crippen MR) is 135 cm³/mol. The summed E-state index contributed by atoms with van der Waals surface area (Å²) in [6.07, 6.45) is 4.75. The number of rotatable bonds is 9. The molecule has 180 valence electrons. The summed E-state index contributed by atoms with van der Waals surface area (Å²) in [6, 6.07) is 12.9.